The number of fused-ring (bicyclic) bond motifs is 6. The number of imidazole rings is 2. The first-order valence-electron chi connectivity index (χ1n) is 12.5. The SMILES string of the molecule is Nc1ncnc2c1ncn2C1OC2COP(=O)(O)O[C@H]3CC(OC3n3cnc4c(N)ncnc43)C(O)COC1C2F. The first kappa shape index (κ1) is 26.5. The maximum absolute atomic E-state index is 15.7. The molecule has 3 aliphatic rings. The van der Waals surface area contributed by atoms with Crippen LogP contribution in [0.5, 0.6) is 0 Å². The van der Waals surface area contributed by atoms with E-state index in [1.807, 2.05) is 0 Å². The van der Waals surface area contributed by atoms with E-state index in [9.17, 15) is 14.6 Å². The molecule has 20 heteroatoms. The van der Waals surface area contributed by atoms with Gasteiger partial charge < -0.3 is 35.7 Å². The summed E-state index contributed by atoms with van der Waals surface area (Å²) in [6.45, 7) is -1.03. The molecule has 0 amide bonds. The lowest BCUT2D eigenvalue weighted by atomic mass is 10.1. The Balaban J connectivity index is 1.20. The van der Waals surface area contributed by atoms with E-state index >= 15 is 4.39 Å². The first-order valence-corrected chi connectivity index (χ1v) is 14.0. The van der Waals surface area contributed by atoms with Gasteiger partial charge in [-0.05, 0) is 0 Å². The number of phosphoric acid groups is 1. The summed E-state index contributed by atoms with van der Waals surface area (Å²) in [4.78, 5) is 35.1. The zero-order valence-corrected chi connectivity index (χ0v) is 21.8. The first-order chi connectivity index (χ1) is 19.7. The number of aliphatic hydroxyl groups excluding tert-OH is 1. The number of phosphoric ester groups is 1. The number of halogens is 1. The number of hydrogen-bond donors (Lipinski definition) is 4. The summed E-state index contributed by atoms with van der Waals surface area (Å²) in [6, 6.07) is 0. The van der Waals surface area contributed by atoms with Gasteiger partial charge in [0, 0.05) is 6.42 Å². The Kier molecular flexibility index (Phi) is 6.36. The van der Waals surface area contributed by atoms with E-state index in [1.165, 1.54) is 34.4 Å². The predicted molar refractivity (Wildman–Crippen MR) is 133 cm³/mol. The Bertz CT molecular complexity index is 1660. The molecule has 0 aliphatic carbocycles. The zero-order valence-electron chi connectivity index (χ0n) is 21.0. The van der Waals surface area contributed by atoms with Crippen molar-refractivity contribution < 1.29 is 42.2 Å². The van der Waals surface area contributed by atoms with Gasteiger partial charge in [0.25, 0.3) is 0 Å². The molecule has 4 aromatic rings. The van der Waals surface area contributed by atoms with Gasteiger partial charge in [0.2, 0.25) is 0 Å². The van der Waals surface area contributed by atoms with E-state index in [1.54, 1.807) is 0 Å². The highest BCUT2D eigenvalue weighted by Gasteiger charge is 2.51. The minimum absolute atomic E-state index is 0.0429. The lowest BCUT2D eigenvalue weighted by Gasteiger charge is -2.25. The van der Waals surface area contributed by atoms with Crippen molar-refractivity contribution in [3.05, 3.63) is 25.3 Å². The second-order valence-corrected chi connectivity index (χ2v) is 11.2. The van der Waals surface area contributed by atoms with Gasteiger partial charge in [0.15, 0.2) is 41.6 Å². The highest BCUT2D eigenvalue weighted by molar-refractivity contribution is 7.47. The van der Waals surface area contributed by atoms with Crippen molar-refractivity contribution in [2.75, 3.05) is 24.7 Å². The molecule has 6 N–H and O–H groups in total. The molecular weight excluding hydrogens is 570 g/mol. The average molecular weight is 594 g/mol. The van der Waals surface area contributed by atoms with E-state index < -0.39 is 63.6 Å². The van der Waals surface area contributed by atoms with Crippen LogP contribution in [0.3, 0.4) is 0 Å². The van der Waals surface area contributed by atoms with E-state index in [4.69, 9.17) is 34.7 Å². The fourth-order valence-corrected chi connectivity index (χ4v) is 6.21. The number of nitrogens with two attached hydrogens (primary N) is 2. The molecule has 0 aromatic carbocycles. The Hall–Kier alpha value is -3.42. The summed E-state index contributed by atoms with van der Waals surface area (Å²) < 4.78 is 60.0. The molecule has 3 aliphatic heterocycles. The van der Waals surface area contributed by atoms with Crippen molar-refractivity contribution in [2.24, 2.45) is 0 Å². The van der Waals surface area contributed by atoms with Gasteiger partial charge in [-0.25, -0.2) is 38.9 Å². The molecule has 41 heavy (non-hydrogen) atoms. The van der Waals surface area contributed by atoms with Crippen LogP contribution in [0.15, 0.2) is 25.3 Å². The fourth-order valence-electron chi connectivity index (χ4n) is 5.28. The molecule has 18 nitrogen and oxygen atoms in total. The summed E-state index contributed by atoms with van der Waals surface area (Å²) >= 11 is 0. The zero-order chi connectivity index (χ0) is 28.5. The highest BCUT2D eigenvalue weighted by Crippen LogP contribution is 2.51. The van der Waals surface area contributed by atoms with Crippen LogP contribution in [0, 0.1) is 0 Å². The molecule has 3 fully saturated rings. The minimum atomic E-state index is -4.81. The Morgan fingerprint density at radius 2 is 1.49 bits per heavy atom. The number of aromatic nitrogens is 8. The molecule has 7 rings (SSSR count). The Morgan fingerprint density at radius 1 is 0.878 bits per heavy atom. The van der Waals surface area contributed by atoms with Gasteiger partial charge in [-0.15, -0.1) is 0 Å². The topological polar surface area (TPSA) is 243 Å². The molecule has 218 valence electrons. The molecule has 4 bridgehead atoms. The van der Waals surface area contributed by atoms with E-state index in [-0.39, 0.29) is 47.0 Å². The predicted octanol–water partition coefficient (Wildman–Crippen LogP) is -0.384. The third-order valence-electron chi connectivity index (χ3n) is 7.24. The molecule has 4 aromatic heterocycles. The smallest absolute Gasteiger partial charge is 0.388 e. The van der Waals surface area contributed by atoms with Gasteiger partial charge in [-0.1, -0.05) is 0 Å². The van der Waals surface area contributed by atoms with Crippen LogP contribution in [-0.2, 0) is 27.8 Å². The molecular formula is C21H24FN10O8P. The van der Waals surface area contributed by atoms with Crippen LogP contribution in [0.1, 0.15) is 18.9 Å². The van der Waals surface area contributed by atoms with Gasteiger partial charge in [-0.3, -0.25) is 18.2 Å². The second kappa shape index (κ2) is 9.85. The van der Waals surface area contributed by atoms with Gasteiger partial charge in [0.05, 0.1) is 32.0 Å². The number of alkyl halides is 1. The number of nitrogens with zero attached hydrogens (tertiary/aromatic N) is 8. The van der Waals surface area contributed by atoms with Crippen molar-refractivity contribution in [2.45, 2.75) is 55.6 Å². The van der Waals surface area contributed by atoms with Crippen LogP contribution in [-0.4, -0.2) is 98.9 Å². The van der Waals surface area contributed by atoms with Gasteiger partial charge >= 0.3 is 7.82 Å². The van der Waals surface area contributed by atoms with Crippen LogP contribution >= 0.6 is 7.82 Å². The van der Waals surface area contributed by atoms with Gasteiger partial charge in [-0.2, -0.15) is 0 Å². The Morgan fingerprint density at radius 3 is 2.15 bits per heavy atom. The standard InChI is InChI=1S/C21H24FN10O8P/c22-12-11-3-37-41(34,35)40-10-1-9(38-20(10)31-6-29-13-16(23)25-4-27-18(13)31)8(33)2-36-15(12)21(39-11)32-7-30-14-17(24)26-5-28-19(14)32/h4-12,15,20-21,33H,1-3H2,(H,34,35)(H2,23,25,27)(H2,24,26,28)/t8?,9?,10-,11?,12?,15?,20?,21?/m0/s1. The van der Waals surface area contributed by atoms with Crippen molar-refractivity contribution >= 4 is 41.8 Å². The third kappa shape index (κ3) is 4.50. The molecule has 8 unspecified atom stereocenters. The molecule has 9 atom stereocenters. The van der Waals surface area contributed by atoms with Crippen molar-refractivity contribution in [3.8, 4) is 0 Å². The molecule has 7 heterocycles. The fraction of sp³-hybridized carbons (Fsp3) is 0.524. The van der Waals surface area contributed by atoms with Crippen LogP contribution in [0.2, 0.25) is 0 Å². The third-order valence-corrected chi connectivity index (χ3v) is 8.26. The lowest BCUT2D eigenvalue weighted by Crippen LogP contribution is -2.37. The Labute approximate surface area is 229 Å². The maximum Gasteiger partial charge on any atom is 0.472 e. The largest absolute Gasteiger partial charge is 0.472 e. The molecule has 0 saturated carbocycles. The van der Waals surface area contributed by atoms with Crippen LogP contribution < -0.4 is 11.5 Å². The average Bonchev–Trinajstić information content (AvgIpc) is 3.71. The number of ether oxygens (including phenoxy) is 3. The van der Waals surface area contributed by atoms with Crippen molar-refractivity contribution in [1.29, 1.82) is 0 Å². The van der Waals surface area contributed by atoms with E-state index in [0.29, 0.717) is 0 Å². The number of nitrogen functional groups attached to an aromatic ring is 2. The summed E-state index contributed by atoms with van der Waals surface area (Å²) in [5, 5.41) is 11.0. The normalized spacial score (nSPS) is 36.3. The minimum Gasteiger partial charge on any atom is -0.388 e. The number of aliphatic hydroxyl groups is 1. The monoisotopic (exact) mass is 594 g/mol. The quantitative estimate of drug-likeness (QED) is 0.216. The number of hydrogen-bond acceptors (Lipinski definition) is 15. The van der Waals surface area contributed by atoms with E-state index in [2.05, 4.69) is 29.9 Å². The highest BCUT2D eigenvalue weighted by atomic mass is 31.2. The summed E-state index contributed by atoms with van der Waals surface area (Å²) in [5.41, 5.74) is 12.9. The van der Waals surface area contributed by atoms with Gasteiger partial charge in [0.1, 0.15) is 48.1 Å². The summed E-state index contributed by atoms with van der Waals surface area (Å²) in [6.07, 6.45) is -4.92. The van der Waals surface area contributed by atoms with Crippen LogP contribution in [0.4, 0.5) is 16.0 Å². The maximum atomic E-state index is 15.7. The molecule has 0 radical (unpaired) electrons. The molecule has 0 spiro atoms. The number of rotatable bonds is 2. The number of anilines is 2. The van der Waals surface area contributed by atoms with E-state index in [0.717, 1.165) is 0 Å². The lowest BCUT2D eigenvalue weighted by molar-refractivity contribution is -0.121. The van der Waals surface area contributed by atoms with Crippen LogP contribution in [0.25, 0.3) is 22.3 Å². The summed E-state index contributed by atoms with van der Waals surface area (Å²) in [5.74, 6) is 0.234. The molecule has 3 saturated heterocycles. The second-order valence-electron chi connectivity index (χ2n) is 9.75. The summed E-state index contributed by atoms with van der Waals surface area (Å²) in [7, 11) is -4.81. The van der Waals surface area contributed by atoms with Crippen molar-refractivity contribution in [1.82, 2.24) is 39.0 Å². The van der Waals surface area contributed by atoms with Crippen molar-refractivity contribution in [3.63, 3.8) is 0 Å².